The molecule has 1 N–H and O–H groups in total. The second kappa shape index (κ2) is 11.1. The smallest absolute Gasteiger partial charge is 0.278 e. The highest BCUT2D eigenvalue weighted by atomic mass is 35.5. The molecule has 1 fully saturated rings. The summed E-state index contributed by atoms with van der Waals surface area (Å²) in [6.45, 7) is 1.31. The van der Waals surface area contributed by atoms with Crippen LogP contribution in [0.3, 0.4) is 0 Å². The number of likely N-dealkylation sites (tertiary alicyclic amines) is 1. The zero-order valence-electron chi connectivity index (χ0n) is 21.1. The van der Waals surface area contributed by atoms with Crippen molar-refractivity contribution in [1.82, 2.24) is 14.9 Å². The number of nitrogens with zero attached hydrogens (tertiary/aromatic N) is 3. The van der Waals surface area contributed by atoms with Gasteiger partial charge >= 0.3 is 0 Å². The number of hydrogen-bond donors (Lipinski definition) is 1. The predicted molar refractivity (Wildman–Crippen MR) is 146 cm³/mol. The molecule has 0 bridgehead atoms. The van der Waals surface area contributed by atoms with Crippen molar-refractivity contribution in [2.24, 2.45) is 0 Å². The third-order valence-electron chi connectivity index (χ3n) is 6.85. The number of fused-ring (bicyclic) bond motifs is 1. The highest BCUT2D eigenvalue weighted by Gasteiger charge is 2.25. The fourth-order valence-electron chi connectivity index (χ4n) is 4.81. The Morgan fingerprint density at radius 1 is 1.00 bits per heavy atom. The Balaban J connectivity index is 1.21. The van der Waals surface area contributed by atoms with Gasteiger partial charge in [-0.15, -0.1) is 0 Å². The van der Waals surface area contributed by atoms with E-state index in [2.05, 4.69) is 15.3 Å². The van der Waals surface area contributed by atoms with Crippen molar-refractivity contribution in [3.63, 3.8) is 0 Å². The highest BCUT2D eigenvalue weighted by molar-refractivity contribution is 6.35. The summed E-state index contributed by atoms with van der Waals surface area (Å²) in [5.74, 6) is 0.636. The van der Waals surface area contributed by atoms with Crippen LogP contribution >= 0.6 is 11.6 Å². The van der Waals surface area contributed by atoms with Gasteiger partial charge in [-0.3, -0.25) is 14.6 Å². The minimum Gasteiger partial charge on any atom is -0.493 e. The van der Waals surface area contributed by atoms with Crippen LogP contribution in [0.25, 0.3) is 10.9 Å². The number of halogens is 1. The van der Waals surface area contributed by atoms with Crippen LogP contribution in [-0.2, 0) is 0 Å². The largest absolute Gasteiger partial charge is 0.493 e. The molecule has 0 saturated carbocycles. The van der Waals surface area contributed by atoms with Crippen LogP contribution in [-0.4, -0.2) is 54.0 Å². The van der Waals surface area contributed by atoms with Crippen LogP contribution in [0, 0.1) is 0 Å². The summed E-state index contributed by atoms with van der Waals surface area (Å²) < 4.78 is 10.6. The number of carbonyl (C=O) groups is 2. The number of pyridine rings is 2. The molecule has 3 heterocycles. The van der Waals surface area contributed by atoms with E-state index >= 15 is 0 Å². The summed E-state index contributed by atoms with van der Waals surface area (Å²) >= 11 is 6.30. The quantitative estimate of drug-likeness (QED) is 0.350. The molecule has 2 amide bonds. The summed E-state index contributed by atoms with van der Waals surface area (Å²) in [5, 5.41) is 4.23. The number of hydrogen-bond acceptors (Lipinski definition) is 6. The normalized spacial score (nSPS) is 13.8. The van der Waals surface area contributed by atoms with Crippen LogP contribution in [0.5, 0.6) is 11.5 Å². The van der Waals surface area contributed by atoms with Gasteiger partial charge in [0.1, 0.15) is 0 Å². The average molecular weight is 531 g/mol. The molecule has 1 aliphatic heterocycles. The van der Waals surface area contributed by atoms with E-state index in [-0.39, 0.29) is 23.3 Å². The van der Waals surface area contributed by atoms with E-state index in [0.29, 0.717) is 41.0 Å². The van der Waals surface area contributed by atoms with Crippen molar-refractivity contribution in [2.45, 2.75) is 18.8 Å². The van der Waals surface area contributed by atoms with Crippen LogP contribution in [0.15, 0.2) is 67.0 Å². The Morgan fingerprint density at radius 2 is 1.76 bits per heavy atom. The number of piperidine rings is 1. The second-order valence-electron chi connectivity index (χ2n) is 9.07. The predicted octanol–water partition coefficient (Wildman–Crippen LogP) is 5.57. The van der Waals surface area contributed by atoms with Crippen molar-refractivity contribution in [3.8, 4) is 11.5 Å². The number of nitrogens with one attached hydrogen (secondary N) is 1. The van der Waals surface area contributed by atoms with Crippen LogP contribution in [0.2, 0.25) is 5.02 Å². The summed E-state index contributed by atoms with van der Waals surface area (Å²) in [4.78, 5) is 36.4. The average Bonchev–Trinajstić information content (AvgIpc) is 2.96. The topological polar surface area (TPSA) is 93.7 Å². The van der Waals surface area contributed by atoms with Crippen molar-refractivity contribution < 1.29 is 19.1 Å². The van der Waals surface area contributed by atoms with Gasteiger partial charge < -0.3 is 19.7 Å². The van der Waals surface area contributed by atoms with Gasteiger partial charge in [-0.2, -0.15) is 0 Å². The lowest BCUT2D eigenvalue weighted by Gasteiger charge is -2.32. The van der Waals surface area contributed by atoms with Gasteiger partial charge in [-0.1, -0.05) is 29.8 Å². The lowest BCUT2D eigenvalue weighted by atomic mass is 9.89. The molecule has 2 aromatic carbocycles. The summed E-state index contributed by atoms with van der Waals surface area (Å²) in [6.07, 6.45) is 4.83. The maximum atomic E-state index is 13.1. The van der Waals surface area contributed by atoms with E-state index in [1.807, 2.05) is 47.4 Å². The molecule has 38 heavy (non-hydrogen) atoms. The fraction of sp³-hybridized carbons (Fsp3) is 0.241. The minimum atomic E-state index is -0.384. The molecule has 1 aliphatic rings. The van der Waals surface area contributed by atoms with Gasteiger partial charge in [0, 0.05) is 47.6 Å². The molecule has 9 heteroatoms. The molecule has 0 unspecified atom stereocenters. The Bertz CT molecular complexity index is 1480. The number of amides is 2. The summed E-state index contributed by atoms with van der Waals surface area (Å²) in [6, 6.07) is 16.8. The third kappa shape index (κ3) is 5.13. The highest BCUT2D eigenvalue weighted by Crippen LogP contribution is 2.32. The zero-order valence-corrected chi connectivity index (χ0v) is 21.9. The number of anilines is 1. The van der Waals surface area contributed by atoms with Crippen molar-refractivity contribution in [3.05, 3.63) is 88.8 Å². The van der Waals surface area contributed by atoms with Crippen molar-refractivity contribution in [2.75, 3.05) is 32.6 Å². The Morgan fingerprint density at radius 3 is 2.47 bits per heavy atom. The summed E-state index contributed by atoms with van der Waals surface area (Å²) in [5.41, 5.74) is 3.29. The molecular weight excluding hydrogens is 504 g/mol. The lowest BCUT2D eigenvalue weighted by molar-refractivity contribution is 0.0712. The van der Waals surface area contributed by atoms with Crippen LogP contribution < -0.4 is 14.8 Å². The van der Waals surface area contributed by atoms with Gasteiger partial charge in [0.15, 0.2) is 17.2 Å². The van der Waals surface area contributed by atoms with Crippen molar-refractivity contribution >= 4 is 40.0 Å². The fourth-order valence-corrected chi connectivity index (χ4v) is 5.03. The first-order valence-corrected chi connectivity index (χ1v) is 12.7. The maximum absolute atomic E-state index is 13.1. The van der Waals surface area contributed by atoms with Gasteiger partial charge in [0.2, 0.25) is 0 Å². The Hall–Kier alpha value is -4.17. The summed E-state index contributed by atoms with van der Waals surface area (Å²) in [7, 11) is 2.98. The molecule has 194 valence electrons. The van der Waals surface area contributed by atoms with E-state index < -0.39 is 0 Å². The third-order valence-corrected chi connectivity index (χ3v) is 7.18. The molecule has 8 nitrogen and oxygen atoms in total. The molecule has 0 aliphatic carbocycles. The molecule has 0 radical (unpaired) electrons. The number of rotatable bonds is 6. The second-order valence-corrected chi connectivity index (χ2v) is 9.48. The molecule has 4 aromatic rings. The van der Waals surface area contributed by atoms with E-state index in [9.17, 15) is 9.59 Å². The maximum Gasteiger partial charge on any atom is 0.278 e. The molecule has 5 rings (SSSR count). The molecule has 2 aromatic heterocycles. The first kappa shape index (κ1) is 25.5. The first-order valence-electron chi connectivity index (χ1n) is 12.3. The number of aromatic nitrogens is 2. The first-order chi connectivity index (χ1) is 18.5. The number of carbonyl (C=O) groups excluding carboxylic acids is 2. The van der Waals surface area contributed by atoms with Crippen molar-refractivity contribution in [1.29, 1.82) is 0 Å². The molecule has 0 atom stereocenters. The zero-order chi connectivity index (χ0) is 26.6. The number of benzene rings is 2. The molecule has 1 saturated heterocycles. The SMILES string of the molecule is COc1ccnc(C(=O)Nc2ccc(C3CCN(C(=O)c4cnc5cccc(Cl)c5c4)CC3)cc2)c1OC. The van der Waals surface area contributed by atoms with Crippen LogP contribution in [0.4, 0.5) is 5.69 Å². The van der Waals surface area contributed by atoms with Gasteiger partial charge in [-0.05, 0) is 54.7 Å². The lowest BCUT2D eigenvalue weighted by Crippen LogP contribution is -2.38. The number of methoxy groups -OCH3 is 2. The van der Waals surface area contributed by atoms with Crippen LogP contribution in [0.1, 0.15) is 45.2 Å². The van der Waals surface area contributed by atoms with Gasteiger partial charge in [0.25, 0.3) is 11.8 Å². The molecular formula is C29H27ClN4O4. The Kier molecular flexibility index (Phi) is 7.42. The molecule has 0 spiro atoms. The van der Waals surface area contributed by atoms with Gasteiger partial charge in [-0.25, -0.2) is 4.98 Å². The van der Waals surface area contributed by atoms with E-state index in [4.69, 9.17) is 21.1 Å². The Labute approximate surface area is 225 Å². The number of ether oxygens (including phenoxy) is 2. The monoisotopic (exact) mass is 530 g/mol. The van der Waals surface area contributed by atoms with E-state index in [0.717, 1.165) is 23.7 Å². The van der Waals surface area contributed by atoms with E-state index in [1.54, 1.807) is 18.3 Å². The standard InChI is InChI=1S/C29H27ClN4O4/c1-37-25-10-13-31-26(27(25)38-2)28(35)33-21-8-6-18(7-9-21)19-11-14-34(15-12-19)29(36)20-16-22-23(30)4-3-5-24(22)32-17-20/h3-10,13,16-17,19H,11-12,14-15H2,1-2H3,(H,33,35). The van der Waals surface area contributed by atoms with E-state index in [1.165, 1.54) is 26.0 Å². The van der Waals surface area contributed by atoms with Gasteiger partial charge in [0.05, 0.1) is 25.3 Å². The minimum absolute atomic E-state index is 0.0302.